The highest BCUT2D eigenvalue weighted by molar-refractivity contribution is 5.43. The van der Waals surface area contributed by atoms with Crippen LogP contribution < -0.4 is 4.74 Å². The summed E-state index contributed by atoms with van der Waals surface area (Å²) in [7, 11) is 1.64. The van der Waals surface area contributed by atoms with Gasteiger partial charge in [-0.2, -0.15) is 5.26 Å². The third-order valence-electron chi connectivity index (χ3n) is 2.34. The first-order valence-corrected chi connectivity index (χ1v) is 5.43. The van der Waals surface area contributed by atoms with Gasteiger partial charge in [0.1, 0.15) is 11.8 Å². The molecule has 4 nitrogen and oxygen atoms in total. The molecule has 4 heteroatoms. The van der Waals surface area contributed by atoms with Gasteiger partial charge in [0.25, 0.3) is 0 Å². The van der Waals surface area contributed by atoms with Crippen LogP contribution in [0.25, 0.3) is 0 Å². The van der Waals surface area contributed by atoms with Gasteiger partial charge in [-0.15, -0.1) is 0 Å². The summed E-state index contributed by atoms with van der Waals surface area (Å²) < 4.78 is 10.7. The van der Waals surface area contributed by atoms with Gasteiger partial charge >= 0.3 is 0 Å². The minimum Gasteiger partial charge on any atom is -0.454 e. The minimum atomic E-state index is 0.453. The van der Waals surface area contributed by atoms with Crippen LogP contribution in [0.3, 0.4) is 0 Å². The molecule has 0 unspecified atom stereocenters. The first-order chi connectivity index (χ1) is 8.83. The SMILES string of the molecule is COCc1cccc(Oc2cnccc2C#N)c1. The normalized spacial score (nSPS) is 9.78. The molecule has 18 heavy (non-hydrogen) atoms. The molecule has 0 N–H and O–H groups in total. The number of rotatable bonds is 4. The second kappa shape index (κ2) is 5.80. The average Bonchev–Trinajstić information content (AvgIpc) is 2.40. The standard InChI is InChI=1S/C14H12N2O2/c1-17-10-11-3-2-4-13(7-11)18-14-9-16-6-5-12(14)8-15/h2-7,9H,10H2,1H3. The van der Waals surface area contributed by atoms with Crippen LogP contribution >= 0.6 is 0 Å². The summed E-state index contributed by atoms with van der Waals surface area (Å²) in [6, 6.07) is 11.2. The first kappa shape index (κ1) is 12.1. The van der Waals surface area contributed by atoms with E-state index in [0.29, 0.717) is 23.7 Å². The monoisotopic (exact) mass is 240 g/mol. The van der Waals surface area contributed by atoms with Crippen molar-refractivity contribution >= 4 is 0 Å². The van der Waals surface area contributed by atoms with Crippen molar-refractivity contribution in [3.05, 3.63) is 53.9 Å². The van der Waals surface area contributed by atoms with Gasteiger partial charge in [-0.05, 0) is 23.8 Å². The summed E-state index contributed by atoms with van der Waals surface area (Å²) in [4.78, 5) is 3.95. The fourth-order valence-electron chi connectivity index (χ4n) is 1.55. The lowest BCUT2D eigenvalue weighted by Gasteiger charge is -2.08. The lowest BCUT2D eigenvalue weighted by atomic mass is 10.2. The molecule has 0 saturated carbocycles. The van der Waals surface area contributed by atoms with Gasteiger partial charge in [-0.3, -0.25) is 4.98 Å². The maximum Gasteiger partial charge on any atom is 0.163 e. The van der Waals surface area contributed by atoms with Gasteiger partial charge < -0.3 is 9.47 Å². The number of pyridine rings is 1. The second-order valence-corrected chi connectivity index (χ2v) is 3.67. The number of hydrogen-bond donors (Lipinski definition) is 0. The molecule has 1 aromatic carbocycles. The lowest BCUT2D eigenvalue weighted by molar-refractivity contribution is 0.184. The Labute approximate surface area is 105 Å². The Kier molecular flexibility index (Phi) is 3.90. The summed E-state index contributed by atoms with van der Waals surface area (Å²) in [5.41, 5.74) is 1.47. The third-order valence-corrected chi connectivity index (χ3v) is 2.34. The summed E-state index contributed by atoms with van der Waals surface area (Å²) in [6.45, 7) is 0.523. The van der Waals surface area contributed by atoms with Crippen LogP contribution in [0.15, 0.2) is 42.7 Å². The Balaban J connectivity index is 2.23. The summed E-state index contributed by atoms with van der Waals surface area (Å²) in [5.74, 6) is 1.11. The van der Waals surface area contributed by atoms with Crippen molar-refractivity contribution in [1.29, 1.82) is 5.26 Å². The first-order valence-electron chi connectivity index (χ1n) is 5.43. The molecule has 0 bridgehead atoms. The molecule has 1 heterocycles. The van der Waals surface area contributed by atoms with E-state index in [0.717, 1.165) is 5.56 Å². The van der Waals surface area contributed by atoms with Crippen molar-refractivity contribution in [2.75, 3.05) is 7.11 Å². The maximum atomic E-state index is 8.96. The van der Waals surface area contributed by atoms with Crippen molar-refractivity contribution in [3.8, 4) is 17.6 Å². The smallest absolute Gasteiger partial charge is 0.163 e. The molecule has 0 amide bonds. The third kappa shape index (κ3) is 2.84. The number of hydrogen-bond acceptors (Lipinski definition) is 4. The van der Waals surface area contributed by atoms with Crippen LogP contribution in [-0.2, 0) is 11.3 Å². The highest BCUT2D eigenvalue weighted by atomic mass is 16.5. The number of nitrogens with zero attached hydrogens (tertiary/aromatic N) is 2. The molecule has 90 valence electrons. The zero-order valence-corrected chi connectivity index (χ0v) is 9.96. The Hall–Kier alpha value is -2.38. The van der Waals surface area contributed by atoms with Crippen LogP contribution in [-0.4, -0.2) is 12.1 Å². The molecule has 2 rings (SSSR count). The van der Waals surface area contributed by atoms with Crippen molar-refractivity contribution in [2.24, 2.45) is 0 Å². The average molecular weight is 240 g/mol. The quantitative estimate of drug-likeness (QED) is 0.824. The molecule has 2 aromatic rings. The zero-order valence-electron chi connectivity index (χ0n) is 9.96. The molecular weight excluding hydrogens is 228 g/mol. The number of ether oxygens (including phenoxy) is 2. The van der Waals surface area contributed by atoms with E-state index in [-0.39, 0.29) is 0 Å². The molecule has 0 aliphatic heterocycles. The van der Waals surface area contributed by atoms with Gasteiger partial charge in [0, 0.05) is 13.3 Å². The molecule has 0 aliphatic rings. The Morgan fingerprint density at radius 3 is 3.00 bits per heavy atom. The summed E-state index contributed by atoms with van der Waals surface area (Å²) in [6.07, 6.45) is 3.09. The van der Waals surface area contributed by atoms with Crippen molar-refractivity contribution < 1.29 is 9.47 Å². The number of aromatic nitrogens is 1. The molecular formula is C14H12N2O2. The Bertz CT molecular complexity index is 576. The Morgan fingerprint density at radius 2 is 2.22 bits per heavy atom. The van der Waals surface area contributed by atoms with Gasteiger partial charge in [0.05, 0.1) is 18.4 Å². The minimum absolute atomic E-state index is 0.453. The predicted molar refractivity (Wildman–Crippen MR) is 66.2 cm³/mol. The highest BCUT2D eigenvalue weighted by Gasteiger charge is 2.04. The fraction of sp³-hybridized carbons (Fsp3) is 0.143. The fourth-order valence-corrected chi connectivity index (χ4v) is 1.55. The van der Waals surface area contributed by atoms with Gasteiger partial charge in [-0.1, -0.05) is 12.1 Å². The van der Waals surface area contributed by atoms with E-state index < -0.39 is 0 Å². The number of nitriles is 1. The van der Waals surface area contributed by atoms with E-state index >= 15 is 0 Å². The molecule has 0 spiro atoms. The van der Waals surface area contributed by atoms with Gasteiger partial charge in [0.2, 0.25) is 0 Å². The largest absolute Gasteiger partial charge is 0.454 e. The Morgan fingerprint density at radius 1 is 1.33 bits per heavy atom. The van der Waals surface area contributed by atoms with Crippen molar-refractivity contribution in [3.63, 3.8) is 0 Å². The number of methoxy groups -OCH3 is 1. The predicted octanol–water partition coefficient (Wildman–Crippen LogP) is 2.89. The van der Waals surface area contributed by atoms with E-state index in [9.17, 15) is 0 Å². The topological polar surface area (TPSA) is 55.1 Å². The van der Waals surface area contributed by atoms with Gasteiger partial charge in [0.15, 0.2) is 5.75 Å². The van der Waals surface area contributed by atoms with E-state index in [1.165, 1.54) is 6.20 Å². The zero-order chi connectivity index (χ0) is 12.8. The molecule has 0 saturated heterocycles. The van der Waals surface area contributed by atoms with Crippen LogP contribution in [0, 0.1) is 11.3 Å². The van der Waals surface area contributed by atoms with Crippen LogP contribution in [0.4, 0.5) is 0 Å². The summed E-state index contributed by atoms with van der Waals surface area (Å²) in [5, 5.41) is 8.96. The maximum absolute atomic E-state index is 8.96. The van der Waals surface area contributed by atoms with Crippen LogP contribution in [0.2, 0.25) is 0 Å². The molecule has 0 atom stereocenters. The van der Waals surface area contributed by atoms with Gasteiger partial charge in [-0.25, -0.2) is 0 Å². The molecule has 0 aliphatic carbocycles. The summed E-state index contributed by atoms with van der Waals surface area (Å²) >= 11 is 0. The van der Waals surface area contributed by atoms with Crippen molar-refractivity contribution in [1.82, 2.24) is 4.98 Å². The van der Waals surface area contributed by atoms with E-state index in [2.05, 4.69) is 11.1 Å². The van der Waals surface area contributed by atoms with Crippen LogP contribution in [0.5, 0.6) is 11.5 Å². The second-order valence-electron chi connectivity index (χ2n) is 3.67. The lowest BCUT2D eigenvalue weighted by Crippen LogP contribution is -1.91. The molecule has 0 radical (unpaired) electrons. The van der Waals surface area contributed by atoms with Crippen molar-refractivity contribution in [2.45, 2.75) is 6.61 Å². The van der Waals surface area contributed by atoms with Crippen LogP contribution in [0.1, 0.15) is 11.1 Å². The number of benzene rings is 1. The van der Waals surface area contributed by atoms with E-state index in [4.69, 9.17) is 14.7 Å². The van der Waals surface area contributed by atoms with E-state index in [1.807, 2.05) is 24.3 Å². The molecule has 0 fully saturated rings. The highest BCUT2D eigenvalue weighted by Crippen LogP contribution is 2.24. The van der Waals surface area contributed by atoms with E-state index in [1.54, 1.807) is 19.4 Å². The molecule has 1 aromatic heterocycles.